The Kier molecular flexibility index (Phi) is 15.3. The van der Waals surface area contributed by atoms with Crippen molar-refractivity contribution in [2.24, 2.45) is 0 Å². The molecule has 0 aromatic heterocycles. The normalized spacial score (nSPS) is 14.7. The van der Waals surface area contributed by atoms with Crippen LogP contribution in [0.25, 0.3) is 0 Å². The second kappa shape index (κ2) is 11.1. The Morgan fingerprint density at radius 2 is 2.00 bits per heavy atom. The van der Waals surface area contributed by atoms with Crippen molar-refractivity contribution in [3.8, 4) is 0 Å². The van der Waals surface area contributed by atoms with Crippen LogP contribution in [-0.2, 0) is 16.3 Å². The van der Waals surface area contributed by atoms with Crippen molar-refractivity contribution in [1.82, 2.24) is 0 Å². The maximum absolute atomic E-state index is 11.4. The van der Waals surface area contributed by atoms with Crippen LogP contribution in [0.3, 0.4) is 0 Å². The number of rotatable bonds is 7. The van der Waals surface area contributed by atoms with Gasteiger partial charge in [0, 0.05) is 5.69 Å². The zero-order chi connectivity index (χ0) is 9.45. The van der Waals surface area contributed by atoms with Crippen LogP contribution in [0.5, 0.6) is 0 Å². The monoisotopic (exact) mass is 266 g/mol. The molecule has 0 bridgehead atoms. The molecule has 0 aliphatic carbocycles. The van der Waals surface area contributed by atoms with E-state index in [0.29, 0.717) is 6.61 Å². The fourth-order valence-corrected chi connectivity index (χ4v) is 4.08. The fraction of sp³-hybridized carbons (Fsp3) is 1.00. The van der Waals surface area contributed by atoms with Crippen molar-refractivity contribution in [3.63, 3.8) is 0 Å². The Morgan fingerprint density at radius 1 is 1.38 bits per heavy atom. The molecule has 0 rings (SSSR count). The summed E-state index contributed by atoms with van der Waals surface area (Å²) >= 11 is 6.11. The Hall–Kier alpha value is 2.56. The van der Waals surface area contributed by atoms with Crippen molar-refractivity contribution in [1.29, 1.82) is 0 Å². The van der Waals surface area contributed by atoms with E-state index in [4.69, 9.17) is 16.3 Å². The molecule has 0 fully saturated rings. The molecule has 0 heterocycles. The molecule has 0 aliphatic rings. The Labute approximate surface area is 133 Å². The molecule has 0 saturated heterocycles. The molecule has 0 radical (unpaired) electrons. The molecule has 0 saturated carbocycles. The molecule has 6 heteroatoms. The van der Waals surface area contributed by atoms with Crippen molar-refractivity contribution < 1.29 is 60.8 Å². The summed E-state index contributed by atoms with van der Waals surface area (Å²) in [4.78, 5) is 11.4. The molecule has 74 valence electrons. The van der Waals surface area contributed by atoms with Crippen LogP contribution in [0.15, 0.2) is 0 Å². The maximum Gasteiger partial charge on any atom is 1.00 e. The van der Waals surface area contributed by atoms with Gasteiger partial charge in [-0.05, 0) is 18.6 Å². The van der Waals surface area contributed by atoms with Crippen LogP contribution in [0, 0.1) is 0 Å². The first-order valence-corrected chi connectivity index (χ1v) is 8.45. The van der Waals surface area contributed by atoms with Gasteiger partial charge >= 0.3 is 51.4 Å². The number of unbranched alkanes of at least 4 members (excludes halogenated alkanes) is 1. The summed E-state index contributed by atoms with van der Waals surface area (Å²) in [5.74, 6) is 0.848. The summed E-state index contributed by atoms with van der Waals surface area (Å²) in [6, 6.07) is 0. The van der Waals surface area contributed by atoms with Crippen LogP contribution in [0.1, 0.15) is 33.1 Å². The first-order chi connectivity index (χ1) is 5.62. The van der Waals surface area contributed by atoms with Gasteiger partial charge in [0.05, 0.1) is 6.61 Å². The Morgan fingerprint density at radius 3 is 2.46 bits per heavy atom. The molecule has 1 atom stereocenters. The first-order valence-electron chi connectivity index (χ1n) is 4.22. The quantitative estimate of drug-likeness (QED) is 0.354. The number of hydrogen-bond acceptors (Lipinski definition) is 4. The number of hydrogen-bond donors (Lipinski definition) is 0. The van der Waals surface area contributed by atoms with E-state index < -0.39 is 5.69 Å². The summed E-state index contributed by atoms with van der Waals surface area (Å²) in [5, 5.41) is 0. The molecule has 13 heavy (non-hydrogen) atoms. The molecule has 0 aromatic rings. The van der Waals surface area contributed by atoms with Gasteiger partial charge in [0.15, 0.2) is 0 Å². The van der Waals surface area contributed by atoms with E-state index >= 15 is 0 Å². The third-order valence-electron chi connectivity index (χ3n) is 1.20. The van der Waals surface area contributed by atoms with Crippen LogP contribution in [-0.4, -0.2) is 12.4 Å². The van der Waals surface area contributed by atoms with Gasteiger partial charge in [-0.25, -0.2) is 0 Å². The van der Waals surface area contributed by atoms with Crippen LogP contribution >= 0.6 is 17.1 Å². The van der Waals surface area contributed by atoms with Crippen LogP contribution in [0.2, 0.25) is 0 Å². The predicted molar refractivity (Wildman–Crippen MR) is 57.9 cm³/mol. The molecule has 2 nitrogen and oxygen atoms in total. The van der Waals surface area contributed by atoms with E-state index in [1.807, 2.05) is 6.92 Å². The summed E-state index contributed by atoms with van der Waals surface area (Å²) in [7, 11) is 0. The van der Waals surface area contributed by atoms with E-state index in [0.717, 1.165) is 25.0 Å². The smallest absolute Gasteiger partial charge is 0.793 e. The maximum atomic E-state index is 11.4. The Balaban J connectivity index is 0. The van der Waals surface area contributed by atoms with Crippen LogP contribution < -0.4 is 56.3 Å². The van der Waals surface area contributed by atoms with E-state index in [1.165, 1.54) is 11.4 Å². The van der Waals surface area contributed by atoms with Gasteiger partial charge in [-0.2, -0.15) is 0 Å². The molecule has 0 N–H and O–H groups in total. The van der Waals surface area contributed by atoms with Crippen molar-refractivity contribution in [2.75, 3.05) is 12.4 Å². The second-order valence-corrected chi connectivity index (χ2v) is 8.64. The Bertz CT molecular complexity index is 157. The second-order valence-electron chi connectivity index (χ2n) is 2.47. The van der Waals surface area contributed by atoms with Gasteiger partial charge in [0.1, 0.15) is 0 Å². The predicted octanol–water partition coefficient (Wildman–Crippen LogP) is -0.465. The standard InChI is InChI=1S/C7H17O2PS2.K/c1-3-5-7-12-10(8,11)9-6-4-2;/h3-7H2,1-2H3,(H,8,11);/q;+1/p-1. The zero-order valence-corrected chi connectivity index (χ0v) is 14.3. The van der Waals surface area contributed by atoms with Crippen molar-refractivity contribution >= 4 is 28.9 Å². The molecule has 0 amide bonds. The van der Waals surface area contributed by atoms with Crippen LogP contribution in [0.4, 0.5) is 0 Å². The average molecular weight is 266 g/mol. The third kappa shape index (κ3) is 12.5. The molecule has 0 aliphatic heterocycles. The van der Waals surface area contributed by atoms with E-state index in [-0.39, 0.29) is 51.4 Å². The van der Waals surface area contributed by atoms with Gasteiger partial charge in [-0.1, -0.05) is 32.1 Å². The molecule has 1 unspecified atom stereocenters. The topological polar surface area (TPSA) is 32.3 Å². The SMILES string of the molecule is CCCCSP([O-])(=S)OCCC.[K+]. The van der Waals surface area contributed by atoms with E-state index in [9.17, 15) is 4.89 Å². The minimum atomic E-state index is -2.74. The average Bonchev–Trinajstić information content (AvgIpc) is 2.01. The van der Waals surface area contributed by atoms with Gasteiger partial charge in [0.25, 0.3) is 0 Å². The van der Waals surface area contributed by atoms with Gasteiger partial charge in [-0.15, -0.1) is 11.4 Å². The molecule has 0 spiro atoms. The fourth-order valence-electron chi connectivity index (χ4n) is 0.561. The minimum Gasteiger partial charge on any atom is -0.793 e. The molecular weight excluding hydrogens is 250 g/mol. The summed E-state index contributed by atoms with van der Waals surface area (Å²) in [6.45, 7) is 4.59. The molecule has 0 aromatic carbocycles. The van der Waals surface area contributed by atoms with E-state index in [1.54, 1.807) is 0 Å². The van der Waals surface area contributed by atoms with Gasteiger partial charge in [0.2, 0.25) is 0 Å². The summed E-state index contributed by atoms with van der Waals surface area (Å²) < 4.78 is 5.06. The van der Waals surface area contributed by atoms with Crippen molar-refractivity contribution in [3.05, 3.63) is 0 Å². The minimum absolute atomic E-state index is 0. The van der Waals surface area contributed by atoms with E-state index in [2.05, 4.69) is 6.92 Å². The summed E-state index contributed by atoms with van der Waals surface area (Å²) in [5.41, 5.74) is -2.74. The van der Waals surface area contributed by atoms with Gasteiger partial charge in [-0.3, -0.25) is 0 Å². The van der Waals surface area contributed by atoms with Gasteiger partial charge < -0.3 is 9.42 Å². The third-order valence-corrected chi connectivity index (χ3v) is 5.56. The van der Waals surface area contributed by atoms with Crippen molar-refractivity contribution in [2.45, 2.75) is 33.1 Å². The molecular formula is C7H16KO2PS2. The first kappa shape index (κ1) is 17.9. The summed E-state index contributed by atoms with van der Waals surface area (Å²) in [6.07, 6.45) is 3.03. The zero-order valence-electron chi connectivity index (χ0n) is 8.62. The largest absolute Gasteiger partial charge is 1.00 e.